The smallest absolute Gasteiger partial charge is 0.251 e. The number of likely N-dealkylation sites (N-methyl/N-ethyl adjacent to an activating group) is 1. The van der Waals surface area contributed by atoms with Gasteiger partial charge in [-0.3, -0.25) is 9.59 Å². The van der Waals surface area contributed by atoms with Gasteiger partial charge in [-0.2, -0.15) is 0 Å². The molecule has 3 rings (SSSR count). The minimum Gasteiger partial charge on any atom is -0.394 e. The summed E-state index contributed by atoms with van der Waals surface area (Å²) in [5.74, 6) is -1.95. The number of aliphatic hydroxyl groups is 6. The number of aliphatic hydroxyl groups excluding tert-OH is 6. The molecule has 0 bridgehead atoms. The summed E-state index contributed by atoms with van der Waals surface area (Å²) >= 11 is 12.8. The van der Waals surface area contributed by atoms with E-state index < -0.39 is 62.5 Å². The van der Waals surface area contributed by atoms with Gasteiger partial charge in [0.2, 0.25) is 0 Å². The van der Waals surface area contributed by atoms with Crippen molar-refractivity contribution in [2.45, 2.75) is 23.5 Å². The molecule has 222 valence electrons. The second-order valence-corrected chi connectivity index (χ2v) is 10.8. The van der Waals surface area contributed by atoms with Gasteiger partial charge < -0.3 is 46.2 Å². The molecule has 0 fully saturated rings. The molecule has 0 spiro atoms. The number of amides is 2. The first-order valence-electron chi connectivity index (χ1n) is 12.1. The predicted molar refractivity (Wildman–Crippen MR) is 151 cm³/mol. The fourth-order valence-corrected chi connectivity index (χ4v) is 4.98. The molecule has 0 radical (unpaired) electrons. The molecule has 11 nitrogen and oxygen atoms in total. The molecule has 1 atom stereocenters. The molecule has 14 heteroatoms. The summed E-state index contributed by atoms with van der Waals surface area (Å²) in [7, 11) is 1.89. The third-order valence-corrected chi connectivity index (χ3v) is 7.50. The second-order valence-electron chi connectivity index (χ2n) is 9.97. The molecule has 2 amide bonds. The van der Waals surface area contributed by atoms with Gasteiger partial charge in [0.1, 0.15) is 11.1 Å². The first kappa shape index (κ1) is 34.2. The van der Waals surface area contributed by atoms with E-state index >= 15 is 0 Å². The van der Waals surface area contributed by atoms with Gasteiger partial charge in [0.05, 0.1) is 39.6 Å². The van der Waals surface area contributed by atoms with Gasteiger partial charge in [-0.1, -0.05) is 23.2 Å². The van der Waals surface area contributed by atoms with Crippen LogP contribution >= 0.6 is 35.6 Å². The number of carbonyl (C=O) groups is 2. The summed E-state index contributed by atoms with van der Waals surface area (Å²) in [6.07, 6.45) is 0. The van der Waals surface area contributed by atoms with Crippen LogP contribution in [-0.4, -0.2) is 112 Å². The molecule has 40 heavy (non-hydrogen) atoms. The molecule has 1 aliphatic rings. The normalized spacial score (nSPS) is 15.7. The Morgan fingerprint density at radius 2 is 1.27 bits per heavy atom. The molecule has 1 unspecified atom stereocenters. The maximum Gasteiger partial charge on any atom is 0.251 e. The van der Waals surface area contributed by atoms with Crippen LogP contribution in [0.1, 0.15) is 43.3 Å². The van der Waals surface area contributed by atoms with E-state index in [4.69, 9.17) is 23.2 Å². The summed E-state index contributed by atoms with van der Waals surface area (Å²) in [5.41, 5.74) is -1.31. The van der Waals surface area contributed by atoms with E-state index in [9.17, 15) is 40.2 Å². The standard InChI is InChI=1S/C26H33Cl2N3O8.ClH/c1-31-7-20(19-5-18(27)6-22(28)21(19)8-31)15-2-16(23(38)29-25(9-32,10-33)11-34)4-17(3-15)24(39)30-26(12-35,13-36)14-37;/h2-6,20,32-37H,7-14H2,1H3,(H,29,38)(H,30,39);1H. The topological polar surface area (TPSA) is 183 Å². The minimum atomic E-state index is -1.71. The molecule has 1 aliphatic heterocycles. The Balaban J connectivity index is 0.00000560. The molecule has 2 aromatic carbocycles. The van der Waals surface area contributed by atoms with E-state index in [0.29, 0.717) is 28.7 Å². The van der Waals surface area contributed by atoms with Gasteiger partial charge >= 0.3 is 0 Å². The Kier molecular flexibility index (Phi) is 12.2. The summed E-state index contributed by atoms with van der Waals surface area (Å²) < 4.78 is 0. The van der Waals surface area contributed by atoms with Crippen molar-refractivity contribution in [2.24, 2.45) is 0 Å². The molecule has 0 saturated carbocycles. The second kappa shape index (κ2) is 14.2. The van der Waals surface area contributed by atoms with Crippen LogP contribution in [0.25, 0.3) is 0 Å². The average molecular weight is 623 g/mol. The van der Waals surface area contributed by atoms with Gasteiger partial charge in [-0.25, -0.2) is 0 Å². The Morgan fingerprint density at radius 3 is 1.70 bits per heavy atom. The number of hydrogen-bond donors (Lipinski definition) is 8. The largest absolute Gasteiger partial charge is 0.394 e. The molecule has 0 aromatic heterocycles. The van der Waals surface area contributed by atoms with Crippen molar-refractivity contribution >= 4 is 47.4 Å². The summed E-state index contributed by atoms with van der Waals surface area (Å²) in [6, 6.07) is 7.75. The van der Waals surface area contributed by atoms with Crippen molar-refractivity contribution in [3.63, 3.8) is 0 Å². The van der Waals surface area contributed by atoms with Gasteiger partial charge in [0, 0.05) is 40.2 Å². The number of halogens is 3. The number of nitrogens with one attached hydrogen (secondary N) is 2. The number of rotatable bonds is 11. The van der Waals surface area contributed by atoms with E-state index in [1.807, 2.05) is 11.9 Å². The Labute approximate surface area is 247 Å². The lowest BCUT2D eigenvalue weighted by molar-refractivity contribution is 0.0371. The highest BCUT2D eigenvalue weighted by atomic mass is 35.5. The molecule has 1 heterocycles. The maximum atomic E-state index is 13.3. The van der Waals surface area contributed by atoms with Crippen LogP contribution in [-0.2, 0) is 6.54 Å². The zero-order valence-electron chi connectivity index (χ0n) is 21.7. The highest BCUT2D eigenvalue weighted by molar-refractivity contribution is 6.35. The third-order valence-electron chi connectivity index (χ3n) is 6.95. The molecule has 8 N–H and O–H groups in total. The first-order chi connectivity index (χ1) is 18.5. The van der Waals surface area contributed by atoms with Gasteiger partial charge in [0.25, 0.3) is 11.8 Å². The number of fused-ring (bicyclic) bond motifs is 1. The SMILES string of the molecule is CN1Cc2c(Cl)cc(Cl)cc2C(c2cc(C(=O)NC(CO)(CO)CO)cc(C(=O)NC(CO)(CO)CO)c2)C1.Cl. The van der Waals surface area contributed by atoms with Crippen LogP contribution < -0.4 is 10.6 Å². The van der Waals surface area contributed by atoms with Crippen molar-refractivity contribution in [2.75, 3.05) is 53.2 Å². The monoisotopic (exact) mass is 621 g/mol. The summed E-state index contributed by atoms with van der Waals surface area (Å²) in [4.78, 5) is 28.6. The summed E-state index contributed by atoms with van der Waals surface area (Å²) in [6.45, 7) is -3.45. The fourth-order valence-electron chi connectivity index (χ4n) is 4.41. The van der Waals surface area contributed by atoms with Gasteiger partial charge in [-0.05, 0) is 54.1 Å². The van der Waals surface area contributed by atoms with Crippen LogP contribution in [0.4, 0.5) is 0 Å². The molecular formula is C26H34Cl3N3O8. The van der Waals surface area contributed by atoms with Crippen LogP contribution in [0.15, 0.2) is 30.3 Å². The maximum absolute atomic E-state index is 13.3. The molecule has 2 aromatic rings. The average Bonchev–Trinajstić information content (AvgIpc) is 2.94. The Morgan fingerprint density at radius 1 is 0.825 bits per heavy atom. The lowest BCUT2D eigenvalue weighted by atomic mass is 9.83. The fraction of sp³-hybridized carbons (Fsp3) is 0.462. The van der Waals surface area contributed by atoms with Gasteiger partial charge in [-0.15, -0.1) is 12.4 Å². The Bertz CT molecular complexity index is 1140. The number of benzene rings is 2. The van der Waals surface area contributed by atoms with Crippen molar-refractivity contribution in [3.8, 4) is 0 Å². The van der Waals surface area contributed by atoms with Crippen LogP contribution in [0.3, 0.4) is 0 Å². The number of hydrogen-bond acceptors (Lipinski definition) is 9. The molecule has 0 aliphatic carbocycles. The molecule has 0 saturated heterocycles. The zero-order valence-corrected chi connectivity index (χ0v) is 24.1. The van der Waals surface area contributed by atoms with Crippen LogP contribution in [0.2, 0.25) is 10.0 Å². The van der Waals surface area contributed by atoms with Crippen molar-refractivity contribution in [3.05, 3.63) is 68.2 Å². The molecular weight excluding hydrogens is 589 g/mol. The quantitative estimate of drug-likeness (QED) is 0.169. The van der Waals surface area contributed by atoms with Crippen molar-refractivity contribution in [1.29, 1.82) is 0 Å². The van der Waals surface area contributed by atoms with E-state index in [-0.39, 0.29) is 29.5 Å². The Hall–Kier alpha value is -2.03. The van der Waals surface area contributed by atoms with E-state index in [1.54, 1.807) is 24.3 Å². The first-order valence-corrected chi connectivity index (χ1v) is 12.9. The van der Waals surface area contributed by atoms with E-state index in [2.05, 4.69) is 10.6 Å². The van der Waals surface area contributed by atoms with E-state index in [1.165, 1.54) is 6.07 Å². The predicted octanol–water partition coefficient (Wildman–Crippen LogP) is -0.116. The van der Waals surface area contributed by atoms with Crippen LogP contribution in [0, 0.1) is 0 Å². The highest BCUT2D eigenvalue weighted by Crippen LogP contribution is 2.39. The minimum absolute atomic E-state index is 0. The third kappa shape index (κ3) is 7.24. The lowest BCUT2D eigenvalue weighted by Crippen LogP contribution is -2.57. The lowest BCUT2D eigenvalue weighted by Gasteiger charge is -2.34. The zero-order chi connectivity index (χ0) is 29.0. The van der Waals surface area contributed by atoms with Crippen molar-refractivity contribution < 1.29 is 40.2 Å². The van der Waals surface area contributed by atoms with Crippen molar-refractivity contribution in [1.82, 2.24) is 15.5 Å². The van der Waals surface area contributed by atoms with Gasteiger partial charge in [0.15, 0.2) is 0 Å². The summed E-state index contributed by atoms with van der Waals surface area (Å²) in [5, 5.41) is 63.8. The highest BCUT2D eigenvalue weighted by Gasteiger charge is 2.34. The number of nitrogens with zero attached hydrogens (tertiary/aromatic N) is 1. The number of carbonyl (C=O) groups excluding carboxylic acids is 2. The van der Waals surface area contributed by atoms with E-state index in [0.717, 1.165) is 11.1 Å². The van der Waals surface area contributed by atoms with Crippen LogP contribution in [0.5, 0.6) is 0 Å².